The third kappa shape index (κ3) is 4.86. The first-order valence-electron chi connectivity index (χ1n) is 9.92. The van der Waals surface area contributed by atoms with Crippen LogP contribution in [0.2, 0.25) is 0 Å². The molecule has 0 radical (unpaired) electrons. The zero-order valence-electron chi connectivity index (χ0n) is 16.7. The number of phenols is 1. The molecule has 2 N–H and O–H groups in total. The molecule has 0 spiro atoms. The van der Waals surface area contributed by atoms with Crippen LogP contribution in [0.25, 0.3) is 0 Å². The molecule has 1 atom stereocenters. The molecule has 2 heterocycles. The summed E-state index contributed by atoms with van der Waals surface area (Å²) in [5, 5.41) is 13.4. The summed E-state index contributed by atoms with van der Waals surface area (Å²) in [6.45, 7) is 6.56. The zero-order chi connectivity index (χ0) is 19.9. The highest BCUT2D eigenvalue weighted by molar-refractivity contribution is 5.83. The minimum absolute atomic E-state index is 0.111. The van der Waals surface area contributed by atoms with Crippen LogP contribution in [0.4, 0.5) is 0 Å². The number of piperazine rings is 1. The monoisotopic (exact) mass is 390 g/mol. The molecule has 8 nitrogen and oxygen atoms in total. The molecule has 0 bridgehead atoms. The van der Waals surface area contributed by atoms with Gasteiger partial charge in [-0.05, 0) is 38.0 Å². The van der Waals surface area contributed by atoms with Gasteiger partial charge in [0.05, 0.1) is 13.7 Å². The molecule has 1 aromatic carbocycles. The van der Waals surface area contributed by atoms with Crippen molar-refractivity contribution >= 4 is 11.9 Å². The number of carbonyl (C=O) groups excluding carboxylic acids is 1. The summed E-state index contributed by atoms with van der Waals surface area (Å²) in [6, 6.07) is 5.13. The number of hydrogen-bond acceptors (Lipinski definition) is 5. The number of aliphatic imine (C=N–C) groups is 1. The van der Waals surface area contributed by atoms with E-state index < -0.39 is 0 Å². The number of amides is 1. The van der Waals surface area contributed by atoms with E-state index in [9.17, 15) is 9.90 Å². The molecule has 2 saturated heterocycles. The van der Waals surface area contributed by atoms with E-state index in [1.165, 1.54) is 0 Å². The molecule has 28 heavy (non-hydrogen) atoms. The minimum atomic E-state index is -0.260. The topological polar surface area (TPSA) is 86.6 Å². The predicted octanol–water partition coefficient (Wildman–Crippen LogP) is 1.19. The second-order valence-corrected chi connectivity index (χ2v) is 6.98. The highest BCUT2D eigenvalue weighted by Crippen LogP contribution is 2.23. The van der Waals surface area contributed by atoms with Gasteiger partial charge in [0.1, 0.15) is 17.6 Å². The molecule has 2 aliphatic heterocycles. The van der Waals surface area contributed by atoms with Crippen molar-refractivity contribution in [3.05, 3.63) is 23.8 Å². The fourth-order valence-electron chi connectivity index (χ4n) is 3.52. The van der Waals surface area contributed by atoms with E-state index in [2.05, 4.69) is 15.2 Å². The summed E-state index contributed by atoms with van der Waals surface area (Å²) >= 11 is 0. The lowest BCUT2D eigenvalue weighted by Gasteiger charge is -2.37. The highest BCUT2D eigenvalue weighted by atomic mass is 16.5. The number of nitrogens with one attached hydrogen (secondary N) is 1. The summed E-state index contributed by atoms with van der Waals surface area (Å²) in [7, 11) is 1.60. The second-order valence-electron chi connectivity index (χ2n) is 6.98. The average Bonchev–Trinajstić information content (AvgIpc) is 3.26. The average molecular weight is 390 g/mol. The Morgan fingerprint density at radius 1 is 1.32 bits per heavy atom. The molecule has 0 aromatic heterocycles. The lowest BCUT2D eigenvalue weighted by molar-refractivity contribution is -0.142. The Morgan fingerprint density at radius 3 is 2.71 bits per heavy atom. The van der Waals surface area contributed by atoms with Crippen molar-refractivity contribution in [1.29, 1.82) is 0 Å². The number of nitrogens with zero attached hydrogens (tertiary/aromatic N) is 3. The molecule has 1 amide bonds. The standard InChI is InChI=1S/C20H30N4O4/c1-3-21-20(22-14-15-13-16(27-2)6-7-17(15)25)24-10-8-23(9-11-24)19(26)18-5-4-12-28-18/h6-7,13,18,25H,3-5,8-12,14H2,1-2H3,(H,21,22). The Hall–Kier alpha value is -2.48. The summed E-state index contributed by atoms with van der Waals surface area (Å²) in [4.78, 5) is 21.2. The summed E-state index contributed by atoms with van der Waals surface area (Å²) in [5.41, 5.74) is 0.710. The Morgan fingerprint density at radius 2 is 2.07 bits per heavy atom. The van der Waals surface area contributed by atoms with Gasteiger partial charge in [-0.1, -0.05) is 0 Å². The van der Waals surface area contributed by atoms with Crippen molar-refractivity contribution in [2.24, 2.45) is 4.99 Å². The predicted molar refractivity (Wildman–Crippen MR) is 107 cm³/mol. The van der Waals surface area contributed by atoms with Crippen LogP contribution in [-0.4, -0.2) is 79.3 Å². The highest BCUT2D eigenvalue weighted by Gasteiger charge is 2.30. The van der Waals surface area contributed by atoms with E-state index in [4.69, 9.17) is 9.47 Å². The molecule has 154 valence electrons. The lowest BCUT2D eigenvalue weighted by Crippen LogP contribution is -2.55. The lowest BCUT2D eigenvalue weighted by atomic mass is 10.2. The third-order valence-corrected chi connectivity index (χ3v) is 5.12. The van der Waals surface area contributed by atoms with Crippen LogP contribution < -0.4 is 10.1 Å². The van der Waals surface area contributed by atoms with E-state index in [-0.39, 0.29) is 17.8 Å². The van der Waals surface area contributed by atoms with Crippen LogP contribution in [0.5, 0.6) is 11.5 Å². The first-order valence-corrected chi connectivity index (χ1v) is 9.92. The van der Waals surface area contributed by atoms with Crippen molar-refractivity contribution in [2.45, 2.75) is 32.4 Å². The van der Waals surface area contributed by atoms with E-state index >= 15 is 0 Å². The number of guanidine groups is 1. The second kappa shape index (κ2) is 9.64. The molecule has 8 heteroatoms. The smallest absolute Gasteiger partial charge is 0.251 e. The fraction of sp³-hybridized carbons (Fsp3) is 0.600. The van der Waals surface area contributed by atoms with Gasteiger partial charge in [0.2, 0.25) is 0 Å². The summed E-state index contributed by atoms with van der Waals surface area (Å²) in [6.07, 6.45) is 1.53. The maximum Gasteiger partial charge on any atom is 0.251 e. The van der Waals surface area contributed by atoms with Crippen molar-refractivity contribution < 1.29 is 19.4 Å². The first kappa shape index (κ1) is 20.3. The number of rotatable bonds is 5. The van der Waals surface area contributed by atoms with Gasteiger partial charge in [0.15, 0.2) is 5.96 Å². The van der Waals surface area contributed by atoms with Gasteiger partial charge in [-0.2, -0.15) is 0 Å². The van der Waals surface area contributed by atoms with E-state index in [1.54, 1.807) is 25.3 Å². The molecular formula is C20H30N4O4. The quantitative estimate of drug-likeness (QED) is 0.580. The fourth-order valence-corrected chi connectivity index (χ4v) is 3.52. The van der Waals surface area contributed by atoms with Gasteiger partial charge in [-0.25, -0.2) is 4.99 Å². The number of phenolic OH excluding ortho intramolecular Hbond substituents is 1. The van der Waals surface area contributed by atoms with Crippen molar-refractivity contribution in [3.63, 3.8) is 0 Å². The van der Waals surface area contributed by atoms with E-state index in [0.717, 1.165) is 25.3 Å². The maximum absolute atomic E-state index is 12.5. The SMILES string of the molecule is CCNC(=NCc1cc(OC)ccc1O)N1CCN(C(=O)C2CCCO2)CC1. The van der Waals surface area contributed by atoms with E-state index in [0.29, 0.717) is 50.6 Å². The number of benzene rings is 1. The zero-order valence-corrected chi connectivity index (χ0v) is 16.7. The molecule has 3 rings (SSSR count). The van der Waals surface area contributed by atoms with Gasteiger partial charge in [-0.15, -0.1) is 0 Å². The van der Waals surface area contributed by atoms with Crippen LogP contribution in [0.3, 0.4) is 0 Å². The molecule has 2 fully saturated rings. The first-order chi connectivity index (χ1) is 13.6. The molecular weight excluding hydrogens is 360 g/mol. The minimum Gasteiger partial charge on any atom is -0.508 e. The molecule has 2 aliphatic rings. The van der Waals surface area contributed by atoms with Gasteiger partial charge in [0, 0.05) is 44.9 Å². The Bertz CT molecular complexity index is 695. The number of hydrogen-bond donors (Lipinski definition) is 2. The van der Waals surface area contributed by atoms with Crippen LogP contribution in [-0.2, 0) is 16.1 Å². The normalized spacial score (nSPS) is 20.4. The molecule has 0 saturated carbocycles. The third-order valence-electron chi connectivity index (χ3n) is 5.12. The van der Waals surface area contributed by atoms with Crippen LogP contribution >= 0.6 is 0 Å². The summed E-state index contributed by atoms with van der Waals surface area (Å²) in [5.74, 6) is 1.79. The Balaban J connectivity index is 1.61. The van der Waals surface area contributed by atoms with Gasteiger partial charge in [-0.3, -0.25) is 4.79 Å². The number of methoxy groups -OCH3 is 1. The van der Waals surface area contributed by atoms with Gasteiger partial charge < -0.3 is 29.7 Å². The molecule has 0 aliphatic carbocycles. The largest absolute Gasteiger partial charge is 0.508 e. The Kier molecular flexibility index (Phi) is 6.97. The van der Waals surface area contributed by atoms with Crippen LogP contribution in [0.1, 0.15) is 25.3 Å². The number of aromatic hydroxyl groups is 1. The van der Waals surface area contributed by atoms with Crippen LogP contribution in [0.15, 0.2) is 23.2 Å². The maximum atomic E-state index is 12.5. The Labute approximate surface area is 166 Å². The van der Waals surface area contributed by atoms with E-state index in [1.807, 2.05) is 11.8 Å². The van der Waals surface area contributed by atoms with Crippen molar-refractivity contribution in [2.75, 3.05) is 46.4 Å². The summed E-state index contributed by atoms with van der Waals surface area (Å²) < 4.78 is 10.7. The number of ether oxygens (including phenoxy) is 2. The van der Waals surface area contributed by atoms with Gasteiger partial charge >= 0.3 is 0 Å². The number of carbonyl (C=O) groups is 1. The van der Waals surface area contributed by atoms with Crippen LogP contribution in [0, 0.1) is 0 Å². The molecule has 1 unspecified atom stereocenters. The van der Waals surface area contributed by atoms with Gasteiger partial charge in [0.25, 0.3) is 5.91 Å². The van der Waals surface area contributed by atoms with Crippen molar-refractivity contribution in [3.8, 4) is 11.5 Å². The molecule has 1 aromatic rings. The van der Waals surface area contributed by atoms with Crippen molar-refractivity contribution in [1.82, 2.24) is 15.1 Å².